The molecule has 114 valence electrons. The van der Waals surface area contributed by atoms with Gasteiger partial charge >= 0.3 is 5.69 Å². The fourth-order valence-electron chi connectivity index (χ4n) is 2.45. The highest BCUT2D eigenvalue weighted by molar-refractivity contribution is 9.10. The van der Waals surface area contributed by atoms with Crippen LogP contribution >= 0.6 is 15.9 Å². The summed E-state index contributed by atoms with van der Waals surface area (Å²) in [6.07, 6.45) is -3.12. The molecule has 0 unspecified atom stereocenters. The molecule has 2 aromatic rings. The van der Waals surface area contributed by atoms with Crippen LogP contribution in [0.15, 0.2) is 20.3 Å². The molecule has 0 amide bonds. The molecule has 0 aliphatic carbocycles. The van der Waals surface area contributed by atoms with Crippen molar-refractivity contribution in [2.24, 2.45) is 0 Å². The van der Waals surface area contributed by atoms with Crippen LogP contribution < -0.4 is 11.2 Å². The zero-order valence-electron chi connectivity index (χ0n) is 10.5. The molecule has 2 aromatic heterocycles. The van der Waals surface area contributed by atoms with Crippen LogP contribution in [0.1, 0.15) is 6.23 Å². The summed E-state index contributed by atoms with van der Waals surface area (Å²) in [6, 6.07) is 0. The third-order valence-electron chi connectivity index (χ3n) is 3.46. The number of nitrogens with zero attached hydrogens (tertiary/aromatic N) is 1. The van der Waals surface area contributed by atoms with Crippen molar-refractivity contribution in [3.63, 3.8) is 0 Å². The maximum Gasteiger partial charge on any atom is 0.327 e. The summed E-state index contributed by atoms with van der Waals surface area (Å²) in [5.41, 5.74) is -1.15. The van der Waals surface area contributed by atoms with E-state index >= 15 is 0 Å². The van der Waals surface area contributed by atoms with E-state index in [-0.39, 0.29) is 11.0 Å². The van der Waals surface area contributed by atoms with Gasteiger partial charge in [-0.25, -0.2) is 4.79 Å². The first-order chi connectivity index (χ1) is 9.93. The van der Waals surface area contributed by atoms with Crippen molar-refractivity contribution < 1.29 is 20.1 Å². The van der Waals surface area contributed by atoms with Crippen molar-refractivity contribution in [3.05, 3.63) is 31.5 Å². The minimum Gasteiger partial charge on any atom is -0.394 e. The Bertz CT molecular complexity index is 795. The number of nitrogens with one attached hydrogen (secondary N) is 2. The monoisotopic (exact) mass is 361 g/mol. The summed E-state index contributed by atoms with van der Waals surface area (Å²) in [4.78, 5) is 27.8. The van der Waals surface area contributed by atoms with Crippen LogP contribution in [0, 0.1) is 0 Å². The highest BCUT2D eigenvalue weighted by atomic mass is 79.9. The summed E-state index contributed by atoms with van der Waals surface area (Å²) >= 11 is 3.20. The second kappa shape index (κ2) is 5.07. The maximum absolute atomic E-state index is 11.8. The quantitative estimate of drug-likeness (QED) is 0.436. The van der Waals surface area contributed by atoms with Gasteiger partial charge in [-0.2, -0.15) is 0 Å². The fourth-order valence-corrected chi connectivity index (χ4v) is 3.04. The molecule has 0 saturated carbocycles. The van der Waals surface area contributed by atoms with Gasteiger partial charge in [-0.05, 0) is 15.9 Å². The predicted molar refractivity (Wildman–Crippen MR) is 73.9 cm³/mol. The van der Waals surface area contributed by atoms with Gasteiger partial charge in [-0.3, -0.25) is 14.8 Å². The van der Waals surface area contributed by atoms with E-state index in [0.29, 0.717) is 4.47 Å². The van der Waals surface area contributed by atoms with Crippen molar-refractivity contribution >= 4 is 27.0 Å². The molecule has 1 fully saturated rings. The van der Waals surface area contributed by atoms with Gasteiger partial charge in [0, 0.05) is 6.20 Å². The zero-order chi connectivity index (χ0) is 15.3. The van der Waals surface area contributed by atoms with Crippen molar-refractivity contribution in [2.75, 3.05) is 6.61 Å². The van der Waals surface area contributed by atoms with Crippen molar-refractivity contribution in [1.29, 1.82) is 0 Å². The lowest BCUT2D eigenvalue weighted by molar-refractivity contribution is -0.0509. The van der Waals surface area contributed by atoms with Gasteiger partial charge in [0.1, 0.15) is 24.0 Å². The molecule has 5 N–H and O–H groups in total. The van der Waals surface area contributed by atoms with Crippen molar-refractivity contribution in [2.45, 2.75) is 24.5 Å². The second-order valence-electron chi connectivity index (χ2n) is 4.75. The number of aliphatic hydroxyl groups is 3. The zero-order valence-corrected chi connectivity index (χ0v) is 12.1. The smallest absolute Gasteiger partial charge is 0.327 e. The minimum atomic E-state index is -1.31. The third-order valence-corrected chi connectivity index (χ3v) is 4.06. The van der Waals surface area contributed by atoms with E-state index in [2.05, 4.69) is 25.9 Å². The van der Waals surface area contributed by atoms with Crippen LogP contribution in [0.5, 0.6) is 0 Å². The Morgan fingerprint density at radius 1 is 1.29 bits per heavy atom. The molecule has 0 spiro atoms. The number of ether oxygens (including phenoxy) is 1. The SMILES string of the molecule is O=c1[nH]c(=O)c2c(Br)cn([C@@H]3O[C@H](CO)[C@@H](O)[C@H]3O)c2[nH]1. The van der Waals surface area contributed by atoms with E-state index in [0.717, 1.165) is 0 Å². The van der Waals surface area contributed by atoms with Crippen molar-refractivity contribution in [3.8, 4) is 0 Å². The lowest BCUT2D eigenvalue weighted by atomic mass is 10.1. The molecule has 0 radical (unpaired) electrons. The van der Waals surface area contributed by atoms with Gasteiger partial charge in [0.15, 0.2) is 6.23 Å². The van der Waals surface area contributed by atoms with Gasteiger partial charge < -0.3 is 24.6 Å². The minimum absolute atomic E-state index is 0.144. The van der Waals surface area contributed by atoms with Crippen LogP contribution in [0.2, 0.25) is 0 Å². The Labute approximate surface area is 124 Å². The van der Waals surface area contributed by atoms with E-state index in [4.69, 9.17) is 9.84 Å². The lowest BCUT2D eigenvalue weighted by Gasteiger charge is -2.17. The molecule has 4 atom stereocenters. The highest BCUT2D eigenvalue weighted by Gasteiger charge is 2.44. The summed E-state index contributed by atoms with van der Waals surface area (Å²) < 4.78 is 7.11. The molecule has 0 bridgehead atoms. The molecule has 0 aromatic carbocycles. The number of hydrogen-bond acceptors (Lipinski definition) is 6. The Balaban J connectivity index is 2.18. The van der Waals surface area contributed by atoms with Crippen LogP contribution in [0.4, 0.5) is 0 Å². The first-order valence-electron chi connectivity index (χ1n) is 6.09. The van der Waals surface area contributed by atoms with E-state index in [1.807, 2.05) is 0 Å². The Morgan fingerprint density at radius 3 is 2.62 bits per heavy atom. The lowest BCUT2D eigenvalue weighted by Crippen LogP contribution is -2.33. The molecule has 9 nitrogen and oxygen atoms in total. The summed E-state index contributed by atoms with van der Waals surface area (Å²) in [7, 11) is 0. The molecule has 1 aliphatic rings. The van der Waals surface area contributed by atoms with Gasteiger partial charge in [0.25, 0.3) is 5.56 Å². The molecular formula is C11H12BrN3O6. The van der Waals surface area contributed by atoms with Gasteiger partial charge in [-0.1, -0.05) is 0 Å². The molecule has 3 rings (SSSR count). The molecule has 21 heavy (non-hydrogen) atoms. The number of rotatable bonds is 2. The van der Waals surface area contributed by atoms with Crippen LogP contribution in [-0.4, -0.2) is 54.8 Å². The normalized spacial score (nSPS) is 29.3. The van der Waals surface area contributed by atoms with Crippen LogP contribution in [0.3, 0.4) is 0 Å². The Hall–Kier alpha value is -1.46. The fraction of sp³-hybridized carbons (Fsp3) is 0.455. The summed E-state index contributed by atoms with van der Waals surface area (Å²) in [5.74, 6) is 0. The predicted octanol–water partition coefficient (Wildman–Crippen LogP) is -1.61. The van der Waals surface area contributed by atoms with E-state index in [9.17, 15) is 19.8 Å². The number of aliphatic hydroxyl groups excluding tert-OH is 3. The van der Waals surface area contributed by atoms with Gasteiger partial charge in [0.2, 0.25) is 0 Å². The number of hydrogen-bond donors (Lipinski definition) is 5. The molecular weight excluding hydrogens is 350 g/mol. The van der Waals surface area contributed by atoms with Crippen molar-refractivity contribution in [1.82, 2.24) is 14.5 Å². The molecule has 1 aliphatic heterocycles. The number of aromatic nitrogens is 3. The molecule has 1 saturated heterocycles. The van der Waals surface area contributed by atoms with E-state index in [1.54, 1.807) is 0 Å². The largest absolute Gasteiger partial charge is 0.394 e. The van der Waals surface area contributed by atoms with Crippen LogP contribution in [-0.2, 0) is 4.74 Å². The molecule has 10 heteroatoms. The number of halogens is 1. The second-order valence-corrected chi connectivity index (χ2v) is 5.60. The third kappa shape index (κ3) is 2.15. The van der Waals surface area contributed by atoms with Gasteiger partial charge in [0.05, 0.1) is 16.5 Å². The Morgan fingerprint density at radius 2 is 2.00 bits per heavy atom. The van der Waals surface area contributed by atoms with E-state index < -0.39 is 42.4 Å². The first kappa shape index (κ1) is 14.5. The Kier molecular flexibility index (Phi) is 3.50. The number of aromatic amines is 2. The topological polar surface area (TPSA) is 141 Å². The number of fused-ring (bicyclic) bond motifs is 1. The molecule has 3 heterocycles. The maximum atomic E-state index is 11.8. The van der Waals surface area contributed by atoms with Gasteiger partial charge in [-0.15, -0.1) is 0 Å². The van der Waals surface area contributed by atoms with E-state index in [1.165, 1.54) is 10.8 Å². The summed E-state index contributed by atoms with van der Waals surface area (Å²) in [5, 5.41) is 29.1. The average Bonchev–Trinajstić information content (AvgIpc) is 2.89. The highest BCUT2D eigenvalue weighted by Crippen LogP contribution is 2.33. The average molecular weight is 362 g/mol. The van der Waals surface area contributed by atoms with Crippen LogP contribution in [0.25, 0.3) is 11.0 Å². The first-order valence-corrected chi connectivity index (χ1v) is 6.88. The summed E-state index contributed by atoms with van der Waals surface area (Å²) in [6.45, 7) is -0.466. The standard InChI is InChI=1S/C11H12BrN3O6/c12-3-1-15(8-5(3)9(19)14-11(20)13-8)10-7(18)6(17)4(2-16)21-10/h1,4,6-7,10,16-18H,2H2,(H2,13,14,19,20)/t4-,6-,7-,10-/m1/s1. The number of H-pyrrole nitrogens is 2.